The third kappa shape index (κ3) is 3.90. The van der Waals surface area contributed by atoms with E-state index in [9.17, 15) is 9.59 Å². The standard InChI is InChI=1S/C11H19NO3/c1-3-4-10(13)12(9-5-6-9)8-7-11(14)15-2/h9H,3-8H2,1-2H3. The van der Waals surface area contributed by atoms with Crippen LogP contribution in [0.25, 0.3) is 0 Å². The van der Waals surface area contributed by atoms with Gasteiger partial charge in [0.25, 0.3) is 0 Å². The zero-order valence-electron chi connectivity index (χ0n) is 9.49. The Labute approximate surface area is 90.6 Å². The number of esters is 1. The van der Waals surface area contributed by atoms with E-state index in [2.05, 4.69) is 4.74 Å². The first kappa shape index (κ1) is 12.0. The van der Waals surface area contributed by atoms with Crippen molar-refractivity contribution in [1.82, 2.24) is 4.90 Å². The molecule has 0 aromatic carbocycles. The summed E-state index contributed by atoms with van der Waals surface area (Å²) in [7, 11) is 1.37. The molecule has 1 rings (SSSR count). The zero-order valence-corrected chi connectivity index (χ0v) is 9.49. The Hall–Kier alpha value is -1.06. The van der Waals surface area contributed by atoms with E-state index in [0.29, 0.717) is 25.4 Å². The first-order valence-electron chi connectivity index (χ1n) is 5.55. The molecule has 15 heavy (non-hydrogen) atoms. The van der Waals surface area contributed by atoms with Crippen molar-refractivity contribution in [3.8, 4) is 0 Å². The largest absolute Gasteiger partial charge is 0.469 e. The quantitative estimate of drug-likeness (QED) is 0.625. The lowest BCUT2D eigenvalue weighted by molar-refractivity contribution is -0.141. The molecule has 0 N–H and O–H groups in total. The van der Waals surface area contributed by atoms with Gasteiger partial charge in [-0.2, -0.15) is 0 Å². The molecule has 0 spiro atoms. The first-order valence-corrected chi connectivity index (χ1v) is 5.55. The van der Waals surface area contributed by atoms with Gasteiger partial charge in [-0.15, -0.1) is 0 Å². The van der Waals surface area contributed by atoms with Crippen molar-refractivity contribution in [2.45, 2.75) is 45.1 Å². The van der Waals surface area contributed by atoms with Crippen LogP contribution < -0.4 is 0 Å². The van der Waals surface area contributed by atoms with Gasteiger partial charge in [0.05, 0.1) is 13.5 Å². The molecule has 0 heterocycles. The molecule has 0 unspecified atom stereocenters. The number of ether oxygens (including phenoxy) is 1. The fourth-order valence-electron chi connectivity index (χ4n) is 1.57. The molecule has 0 aromatic rings. The third-order valence-electron chi connectivity index (χ3n) is 2.56. The van der Waals surface area contributed by atoms with Crippen LogP contribution >= 0.6 is 0 Å². The highest BCUT2D eigenvalue weighted by Crippen LogP contribution is 2.27. The Bertz CT molecular complexity index is 236. The van der Waals surface area contributed by atoms with E-state index >= 15 is 0 Å². The molecule has 0 bridgehead atoms. The van der Waals surface area contributed by atoms with Gasteiger partial charge in [0.15, 0.2) is 0 Å². The number of carbonyl (C=O) groups is 2. The molecule has 0 saturated heterocycles. The molecular weight excluding hydrogens is 194 g/mol. The zero-order chi connectivity index (χ0) is 11.3. The molecule has 1 amide bonds. The molecule has 0 aromatic heterocycles. The maximum atomic E-state index is 11.7. The summed E-state index contributed by atoms with van der Waals surface area (Å²) in [5.41, 5.74) is 0. The lowest BCUT2D eigenvalue weighted by atomic mass is 10.2. The predicted octanol–water partition coefficient (Wildman–Crippen LogP) is 1.34. The van der Waals surface area contributed by atoms with Crippen LogP contribution in [0.2, 0.25) is 0 Å². The minimum absolute atomic E-state index is 0.170. The highest BCUT2D eigenvalue weighted by Gasteiger charge is 2.31. The fraction of sp³-hybridized carbons (Fsp3) is 0.818. The summed E-state index contributed by atoms with van der Waals surface area (Å²) >= 11 is 0. The molecule has 0 radical (unpaired) electrons. The Kier molecular flexibility index (Phi) is 4.59. The Morgan fingerprint density at radius 3 is 2.47 bits per heavy atom. The molecule has 4 heteroatoms. The molecule has 1 fully saturated rings. The summed E-state index contributed by atoms with van der Waals surface area (Å²) in [4.78, 5) is 24.5. The Balaban J connectivity index is 2.36. The monoisotopic (exact) mass is 213 g/mol. The van der Waals surface area contributed by atoms with Crippen molar-refractivity contribution < 1.29 is 14.3 Å². The summed E-state index contributed by atoms with van der Waals surface area (Å²) in [5.74, 6) is -0.0751. The number of methoxy groups -OCH3 is 1. The van der Waals surface area contributed by atoms with Crippen LogP contribution in [0.4, 0.5) is 0 Å². The molecule has 0 aliphatic heterocycles. The van der Waals surface area contributed by atoms with Gasteiger partial charge >= 0.3 is 5.97 Å². The minimum Gasteiger partial charge on any atom is -0.469 e. The number of hydrogen-bond donors (Lipinski definition) is 0. The van der Waals surface area contributed by atoms with Gasteiger partial charge in [-0.05, 0) is 19.3 Å². The highest BCUT2D eigenvalue weighted by molar-refractivity contribution is 5.77. The highest BCUT2D eigenvalue weighted by atomic mass is 16.5. The summed E-state index contributed by atoms with van der Waals surface area (Å²) in [6.07, 6.45) is 3.91. The number of nitrogens with zero attached hydrogens (tertiary/aromatic N) is 1. The van der Waals surface area contributed by atoms with E-state index in [-0.39, 0.29) is 11.9 Å². The van der Waals surface area contributed by atoms with Gasteiger partial charge in [-0.1, -0.05) is 6.92 Å². The third-order valence-corrected chi connectivity index (χ3v) is 2.56. The fourth-order valence-corrected chi connectivity index (χ4v) is 1.57. The van der Waals surface area contributed by atoms with Gasteiger partial charge < -0.3 is 9.64 Å². The normalized spacial score (nSPS) is 14.8. The summed E-state index contributed by atoms with van der Waals surface area (Å²) in [5, 5.41) is 0. The van der Waals surface area contributed by atoms with E-state index in [1.807, 2.05) is 11.8 Å². The van der Waals surface area contributed by atoms with Gasteiger partial charge in [0.2, 0.25) is 5.91 Å². The smallest absolute Gasteiger partial charge is 0.307 e. The van der Waals surface area contributed by atoms with Crippen LogP contribution in [-0.4, -0.2) is 36.5 Å². The summed E-state index contributed by atoms with van der Waals surface area (Å²) in [6, 6.07) is 0.383. The molecular formula is C11H19NO3. The van der Waals surface area contributed by atoms with Crippen molar-refractivity contribution >= 4 is 11.9 Å². The Morgan fingerprint density at radius 1 is 1.33 bits per heavy atom. The predicted molar refractivity (Wildman–Crippen MR) is 56.3 cm³/mol. The lowest BCUT2D eigenvalue weighted by Gasteiger charge is -2.21. The SMILES string of the molecule is CCCC(=O)N(CCC(=O)OC)C1CC1. The van der Waals surface area contributed by atoms with Crippen molar-refractivity contribution in [3.63, 3.8) is 0 Å². The van der Waals surface area contributed by atoms with Gasteiger partial charge in [-0.25, -0.2) is 0 Å². The maximum Gasteiger partial charge on any atom is 0.307 e. The molecule has 0 atom stereocenters. The Morgan fingerprint density at radius 2 is 2.00 bits per heavy atom. The second-order valence-electron chi connectivity index (χ2n) is 3.89. The van der Waals surface area contributed by atoms with Crippen molar-refractivity contribution in [1.29, 1.82) is 0 Å². The molecule has 1 aliphatic carbocycles. The summed E-state index contributed by atoms with van der Waals surface area (Å²) in [6.45, 7) is 2.50. The van der Waals surface area contributed by atoms with Crippen LogP contribution in [-0.2, 0) is 14.3 Å². The van der Waals surface area contributed by atoms with Crippen LogP contribution in [0.1, 0.15) is 39.0 Å². The second kappa shape index (κ2) is 5.73. The van der Waals surface area contributed by atoms with E-state index in [1.165, 1.54) is 7.11 Å². The van der Waals surface area contributed by atoms with Crippen LogP contribution in [0, 0.1) is 0 Å². The average molecular weight is 213 g/mol. The molecule has 1 aliphatic rings. The van der Waals surface area contributed by atoms with E-state index in [0.717, 1.165) is 19.3 Å². The second-order valence-corrected chi connectivity index (χ2v) is 3.89. The topological polar surface area (TPSA) is 46.6 Å². The van der Waals surface area contributed by atoms with E-state index in [1.54, 1.807) is 0 Å². The number of amides is 1. The van der Waals surface area contributed by atoms with E-state index in [4.69, 9.17) is 0 Å². The first-order chi connectivity index (χ1) is 7.19. The van der Waals surface area contributed by atoms with Crippen LogP contribution in [0.5, 0.6) is 0 Å². The van der Waals surface area contributed by atoms with Crippen molar-refractivity contribution in [2.24, 2.45) is 0 Å². The number of rotatable bonds is 6. The van der Waals surface area contributed by atoms with E-state index < -0.39 is 0 Å². The minimum atomic E-state index is -0.245. The van der Waals surface area contributed by atoms with Gasteiger partial charge in [0.1, 0.15) is 0 Å². The summed E-state index contributed by atoms with van der Waals surface area (Å²) < 4.78 is 4.56. The molecule has 4 nitrogen and oxygen atoms in total. The van der Waals surface area contributed by atoms with Gasteiger partial charge in [-0.3, -0.25) is 9.59 Å². The number of hydrogen-bond acceptors (Lipinski definition) is 3. The maximum absolute atomic E-state index is 11.7. The number of carbonyl (C=O) groups excluding carboxylic acids is 2. The average Bonchev–Trinajstić information content (AvgIpc) is 3.02. The van der Waals surface area contributed by atoms with Gasteiger partial charge in [0, 0.05) is 19.0 Å². The molecule has 86 valence electrons. The van der Waals surface area contributed by atoms with Crippen molar-refractivity contribution in [2.75, 3.05) is 13.7 Å². The molecule has 1 saturated carbocycles. The van der Waals surface area contributed by atoms with Crippen LogP contribution in [0.3, 0.4) is 0 Å². The lowest BCUT2D eigenvalue weighted by Crippen LogP contribution is -2.34. The van der Waals surface area contributed by atoms with Crippen LogP contribution in [0.15, 0.2) is 0 Å². The van der Waals surface area contributed by atoms with Crippen molar-refractivity contribution in [3.05, 3.63) is 0 Å².